The van der Waals surface area contributed by atoms with E-state index in [2.05, 4.69) is 22.2 Å². The molecule has 2 heterocycles. The molecule has 1 fully saturated rings. The van der Waals surface area contributed by atoms with Crippen LogP contribution in [0, 0.1) is 0 Å². The van der Waals surface area contributed by atoms with Crippen molar-refractivity contribution in [2.45, 2.75) is 18.2 Å². The number of hydrogen-bond donors (Lipinski definition) is 0. The molecule has 3 aromatic rings. The van der Waals surface area contributed by atoms with Gasteiger partial charge in [0.1, 0.15) is 24.4 Å². The third kappa shape index (κ3) is 2.30. The molecule has 22 heavy (non-hydrogen) atoms. The predicted octanol–water partition coefficient (Wildman–Crippen LogP) is 3.60. The predicted molar refractivity (Wildman–Crippen MR) is 83.4 cm³/mol. The van der Waals surface area contributed by atoms with Gasteiger partial charge in [-0.2, -0.15) is 5.10 Å². The Hall–Kier alpha value is -2.17. The van der Waals surface area contributed by atoms with E-state index in [0.29, 0.717) is 6.54 Å². The lowest BCUT2D eigenvalue weighted by Gasteiger charge is -2.14. The standard InChI is InChI=1S/C17H14ClN3O/c18-15-8-6-14(7-9-15)17(10-21-12-19-11-20-21)16(22-17)13-4-2-1-3-5-13/h1-9,11-12,16H,10H2/t16-,17+/m0/s1. The van der Waals surface area contributed by atoms with Crippen molar-refractivity contribution in [2.75, 3.05) is 0 Å². The number of rotatable bonds is 4. The fourth-order valence-electron chi connectivity index (χ4n) is 2.86. The number of epoxide rings is 1. The van der Waals surface area contributed by atoms with Gasteiger partial charge < -0.3 is 4.74 Å². The molecule has 0 spiro atoms. The van der Waals surface area contributed by atoms with Gasteiger partial charge in [-0.05, 0) is 23.3 Å². The van der Waals surface area contributed by atoms with Crippen molar-refractivity contribution in [1.82, 2.24) is 14.8 Å². The van der Waals surface area contributed by atoms with Crippen LogP contribution in [0.1, 0.15) is 17.2 Å². The normalized spacial score (nSPS) is 23.4. The van der Waals surface area contributed by atoms with Crippen molar-refractivity contribution in [3.63, 3.8) is 0 Å². The summed E-state index contributed by atoms with van der Waals surface area (Å²) >= 11 is 6.01. The Balaban J connectivity index is 1.72. The van der Waals surface area contributed by atoms with Crippen molar-refractivity contribution in [2.24, 2.45) is 0 Å². The van der Waals surface area contributed by atoms with Crippen LogP contribution < -0.4 is 0 Å². The van der Waals surface area contributed by atoms with Gasteiger partial charge >= 0.3 is 0 Å². The summed E-state index contributed by atoms with van der Waals surface area (Å²) in [6.07, 6.45) is 3.26. The van der Waals surface area contributed by atoms with Crippen LogP contribution >= 0.6 is 11.6 Å². The van der Waals surface area contributed by atoms with Gasteiger partial charge in [-0.25, -0.2) is 9.67 Å². The third-order valence-corrected chi connectivity index (χ3v) is 4.25. The summed E-state index contributed by atoms with van der Waals surface area (Å²) in [6, 6.07) is 18.1. The van der Waals surface area contributed by atoms with E-state index in [9.17, 15) is 0 Å². The monoisotopic (exact) mass is 311 g/mol. The van der Waals surface area contributed by atoms with E-state index in [0.717, 1.165) is 16.1 Å². The first-order chi connectivity index (χ1) is 10.8. The highest BCUT2D eigenvalue weighted by molar-refractivity contribution is 6.30. The van der Waals surface area contributed by atoms with E-state index >= 15 is 0 Å². The maximum Gasteiger partial charge on any atom is 0.144 e. The molecule has 0 unspecified atom stereocenters. The summed E-state index contributed by atoms with van der Waals surface area (Å²) in [5.74, 6) is 0. The number of hydrogen-bond acceptors (Lipinski definition) is 3. The van der Waals surface area contributed by atoms with Crippen molar-refractivity contribution < 1.29 is 4.74 Å². The number of halogens is 1. The zero-order chi connectivity index (χ0) is 15.0. The van der Waals surface area contributed by atoms with Crippen LogP contribution in [-0.4, -0.2) is 14.8 Å². The lowest BCUT2D eigenvalue weighted by atomic mass is 9.91. The highest BCUT2D eigenvalue weighted by atomic mass is 35.5. The van der Waals surface area contributed by atoms with Gasteiger partial charge in [0.15, 0.2) is 0 Å². The zero-order valence-electron chi connectivity index (χ0n) is 11.8. The second-order valence-corrected chi connectivity index (χ2v) is 5.83. The lowest BCUT2D eigenvalue weighted by molar-refractivity contribution is 0.262. The molecule has 0 aliphatic carbocycles. The molecule has 4 rings (SSSR count). The quantitative estimate of drug-likeness (QED) is 0.691. The van der Waals surface area contributed by atoms with Crippen LogP contribution in [0.3, 0.4) is 0 Å². The van der Waals surface area contributed by atoms with Crippen LogP contribution in [0.15, 0.2) is 67.3 Å². The molecule has 1 aromatic heterocycles. The van der Waals surface area contributed by atoms with Crippen molar-refractivity contribution >= 4 is 11.6 Å². The molecular formula is C17H14ClN3O. The molecule has 0 N–H and O–H groups in total. The topological polar surface area (TPSA) is 43.2 Å². The Kier molecular flexibility index (Phi) is 3.21. The summed E-state index contributed by atoms with van der Waals surface area (Å²) in [6.45, 7) is 0.619. The molecule has 0 bridgehead atoms. The van der Waals surface area contributed by atoms with Crippen LogP contribution in [0.4, 0.5) is 0 Å². The minimum Gasteiger partial charge on any atom is -0.354 e. The van der Waals surface area contributed by atoms with Gasteiger partial charge in [0.05, 0.1) is 6.54 Å². The Labute approximate surface area is 133 Å². The zero-order valence-corrected chi connectivity index (χ0v) is 12.5. The third-order valence-electron chi connectivity index (χ3n) is 3.99. The number of ether oxygens (including phenoxy) is 1. The summed E-state index contributed by atoms with van der Waals surface area (Å²) < 4.78 is 7.96. The van der Waals surface area contributed by atoms with E-state index in [1.165, 1.54) is 6.33 Å². The Morgan fingerprint density at radius 2 is 1.86 bits per heavy atom. The molecule has 1 aliphatic heterocycles. The van der Waals surface area contributed by atoms with Gasteiger partial charge in [0.2, 0.25) is 0 Å². The fraction of sp³-hybridized carbons (Fsp3) is 0.176. The molecule has 0 radical (unpaired) electrons. The molecule has 5 heteroatoms. The van der Waals surface area contributed by atoms with Crippen LogP contribution in [-0.2, 0) is 16.9 Å². The molecule has 110 valence electrons. The Bertz CT molecular complexity index is 758. The van der Waals surface area contributed by atoms with E-state index in [1.54, 1.807) is 11.0 Å². The van der Waals surface area contributed by atoms with Gasteiger partial charge in [-0.3, -0.25) is 0 Å². The van der Waals surface area contributed by atoms with Crippen molar-refractivity contribution in [1.29, 1.82) is 0 Å². The van der Waals surface area contributed by atoms with E-state index in [-0.39, 0.29) is 6.10 Å². The summed E-state index contributed by atoms with van der Waals surface area (Å²) in [5.41, 5.74) is 1.85. The first-order valence-electron chi connectivity index (χ1n) is 7.09. The van der Waals surface area contributed by atoms with E-state index in [4.69, 9.17) is 16.3 Å². The highest BCUT2D eigenvalue weighted by Gasteiger charge is 2.58. The van der Waals surface area contributed by atoms with Crippen molar-refractivity contribution in [3.05, 3.63) is 83.4 Å². The second-order valence-electron chi connectivity index (χ2n) is 5.40. The number of benzene rings is 2. The molecular weight excluding hydrogens is 298 g/mol. The lowest BCUT2D eigenvalue weighted by Crippen LogP contribution is -2.19. The number of nitrogens with zero attached hydrogens (tertiary/aromatic N) is 3. The van der Waals surface area contributed by atoms with Crippen LogP contribution in [0.2, 0.25) is 5.02 Å². The largest absolute Gasteiger partial charge is 0.354 e. The highest BCUT2D eigenvalue weighted by Crippen LogP contribution is 2.57. The average Bonchev–Trinajstić information content (AvgIpc) is 3.04. The summed E-state index contributed by atoms with van der Waals surface area (Å²) in [5, 5.41) is 4.93. The Morgan fingerprint density at radius 3 is 2.55 bits per heavy atom. The van der Waals surface area contributed by atoms with Gasteiger partial charge in [0.25, 0.3) is 0 Å². The molecule has 4 nitrogen and oxygen atoms in total. The number of aromatic nitrogens is 3. The van der Waals surface area contributed by atoms with E-state index < -0.39 is 5.60 Å². The van der Waals surface area contributed by atoms with Gasteiger partial charge in [-0.15, -0.1) is 0 Å². The van der Waals surface area contributed by atoms with Crippen LogP contribution in [0.5, 0.6) is 0 Å². The first kappa shape index (κ1) is 13.5. The molecule has 2 atom stereocenters. The smallest absolute Gasteiger partial charge is 0.144 e. The first-order valence-corrected chi connectivity index (χ1v) is 7.47. The minimum absolute atomic E-state index is 0.0130. The second kappa shape index (κ2) is 5.23. The summed E-state index contributed by atoms with van der Waals surface area (Å²) in [7, 11) is 0. The average molecular weight is 312 g/mol. The summed E-state index contributed by atoms with van der Waals surface area (Å²) in [4.78, 5) is 4.01. The Morgan fingerprint density at radius 1 is 1.09 bits per heavy atom. The van der Waals surface area contributed by atoms with Gasteiger partial charge in [-0.1, -0.05) is 54.1 Å². The van der Waals surface area contributed by atoms with E-state index in [1.807, 2.05) is 42.5 Å². The molecule has 2 aromatic carbocycles. The van der Waals surface area contributed by atoms with Gasteiger partial charge in [0, 0.05) is 5.02 Å². The SMILES string of the molecule is Clc1ccc([C@@]2(Cn3cncn3)O[C@H]2c2ccccc2)cc1. The molecule has 1 aliphatic rings. The molecule has 1 saturated heterocycles. The molecule has 0 amide bonds. The maximum atomic E-state index is 6.16. The minimum atomic E-state index is -0.417. The fourth-order valence-corrected chi connectivity index (χ4v) is 2.99. The van der Waals surface area contributed by atoms with Crippen LogP contribution in [0.25, 0.3) is 0 Å². The molecule has 0 saturated carbocycles. The van der Waals surface area contributed by atoms with Crippen molar-refractivity contribution in [3.8, 4) is 0 Å². The maximum absolute atomic E-state index is 6.16.